The summed E-state index contributed by atoms with van der Waals surface area (Å²) in [6.07, 6.45) is 0.642. The first kappa shape index (κ1) is 10.8. The van der Waals surface area contributed by atoms with Crippen molar-refractivity contribution in [2.75, 3.05) is 0 Å². The third-order valence-electron chi connectivity index (χ3n) is 2.12. The lowest BCUT2D eigenvalue weighted by molar-refractivity contribution is -0.299. The molecule has 0 aliphatic heterocycles. The molecule has 0 aliphatic carbocycles. The van der Waals surface area contributed by atoms with E-state index in [1.807, 2.05) is 37.3 Å². The molecule has 1 rings (SSSR count). The summed E-state index contributed by atoms with van der Waals surface area (Å²) < 4.78 is 0. The molecule has 0 bridgehead atoms. The maximum absolute atomic E-state index is 8.66. The van der Waals surface area contributed by atoms with Gasteiger partial charge in [0.25, 0.3) is 0 Å². The molecule has 1 N–H and O–H groups in total. The normalized spacial score (nSPS) is 13.9. The summed E-state index contributed by atoms with van der Waals surface area (Å²) in [5.74, 6) is 5.84. The lowest BCUT2D eigenvalue weighted by Gasteiger charge is -2.15. The first-order valence-electron chi connectivity index (χ1n) is 4.61. The SMILES string of the molecule is CCC(C)(C#Cc1ccccc1)OO. The van der Waals surface area contributed by atoms with Crippen molar-refractivity contribution in [2.45, 2.75) is 25.9 Å². The van der Waals surface area contributed by atoms with Gasteiger partial charge in [0.2, 0.25) is 0 Å². The van der Waals surface area contributed by atoms with Gasteiger partial charge in [-0.1, -0.05) is 37.0 Å². The summed E-state index contributed by atoms with van der Waals surface area (Å²) in [6.45, 7) is 3.67. The van der Waals surface area contributed by atoms with Crippen LogP contribution in [0, 0.1) is 11.8 Å². The first-order chi connectivity index (χ1) is 6.70. The van der Waals surface area contributed by atoms with Crippen molar-refractivity contribution in [3.63, 3.8) is 0 Å². The fraction of sp³-hybridized carbons (Fsp3) is 0.333. The van der Waals surface area contributed by atoms with E-state index in [1.165, 1.54) is 0 Å². The summed E-state index contributed by atoms with van der Waals surface area (Å²) in [5.41, 5.74) is 0.153. The molecular weight excluding hydrogens is 176 g/mol. The molecule has 0 aliphatic rings. The van der Waals surface area contributed by atoms with Crippen molar-refractivity contribution in [3.8, 4) is 11.8 Å². The Bertz CT molecular complexity index is 328. The van der Waals surface area contributed by atoms with E-state index in [0.717, 1.165) is 5.56 Å². The smallest absolute Gasteiger partial charge is 0.160 e. The molecule has 74 valence electrons. The van der Waals surface area contributed by atoms with Gasteiger partial charge in [-0.2, -0.15) is 0 Å². The standard InChI is InChI=1S/C12H14O2/c1-3-12(2,14-13)10-9-11-7-5-4-6-8-11/h4-8,13H,3H2,1-2H3. The molecular formula is C12H14O2. The van der Waals surface area contributed by atoms with Crippen molar-refractivity contribution >= 4 is 0 Å². The number of hydrogen-bond donors (Lipinski definition) is 1. The summed E-state index contributed by atoms with van der Waals surface area (Å²) in [7, 11) is 0. The second-order valence-electron chi connectivity index (χ2n) is 3.29. The minimum absolute atomic E-state index is 0.642. The lowest BCUT2D eigenvalue weighted by atomic mass is 10.0. The quantitative estimate of drug-likeness (QED) is 0.441. The molecule has 1 aromatic carbocycles. The average molecular weight is 190 g/mol. The Morgan fingerprint density at radius 2 is 2.00 bits per heavy atom. The highest BCUT2D eigenvalue weighted by Gasteiger charge is 2.19. The van der Waals surface area contributed by atoms with Crippen LogP contribution >= 0.6 is 0 Å². The highest BCUT2D eigenvalue weighted by atomic mass is 17.1. The highest BCUT2D eigenvalue weighted by Crippen LogP contribution is 2.12. The van der Waals surface area contributed by atoms with Gasteiger partial charge in [0.15, 0.2) is 5.60 Å². The van der Waals surface area contributed by atoms with Crippen molar-refractivity contribution in [1.82, 2.24) is 0 Å². The van der Waals surface area contributed by atoms with Gasteiger partial charge in [0, 0.05) is 5.56 Å². The fourth-order valence-electron chi connectivity index (χ4n) is 0.902. The van der Waals surface area contributed by atoms with E-state index < -0.39 is 5.60 Å². The van der Waals surface area contributed by atoms with Crippen LogP contribution in [-0.2, 0) is 4.89 Å². The second-order valence-corrected chi connectivity index (χ2v) is 3.29. The number of hydrogen-bond acceptors (Lipinski definition) is 2. The molecule has 0 fully saturated rings. The predicted octanol–water partition coefficient (Wildman–Crippen LogP) is 2.70. The number of rotatable bonds is 2. The van der Waals surface area contributed by atoms with Crippen LogP contribution in [0.5, 0.6) is 0 Å². The van der Waals surface area contributed by atoms with E-state index in [9.17, 15) is 0 Å². The van der Waals surface area contributed by atoms with Crippen LogP contribution in [0.1, 0.15) is 25.8 Å². The summed E-state index contributed by atoms with van der Waals surface area (Å²) >= 11 is 0. The van der Waals surface area contributed by atoms with Crippen molar-refractivity contribution in [3.05, 3.63) is 35.9 Å². The topological polar surface area (TPSA) is 29.5 Å². The van der Waals surface area contributed by atoms with E-state index in [0.29, 0.717) is 6.42 Å². The molecule has 0 radical (unpaired) electrons. The zero-order valence-electron chi connectivity index (χ0n) is 8.45. The summed E-state index contributed by atoms with van der Waals surface area (Å²) in [5, 5.41) is 8.66. The van der Waals surface area contributed by atoms with Crippen molar-refractivity contribution < 1.29 is 10.1 Å². The monoisotopic (exact) mass is 190 g/mol. The molecule has 0 amide bonds. The zero-order valence-corrected chi connectivity index (χ0v) is 8.45. The van der Waals surface area contributed by atoms with Gasteiger partial charge in [0.1, 0.15) is 0 Å². The van der Waals surface area contributed by atoms with E-state index in [4.69, 9.17) is 5.26 Å². The minimum Gasteiger partial charge on any atom is -0.250 e. The first-order valence-corrected chi connectivity index (χ1v) is 4.61. The second kappa shape index (κ2) is 4.80. The van der Waals surface area contributed by atoms with Gasteiger partial charge >= 0.3 is 0 Å². The van der Waals surface area contributed by atoms with Crippen LogP contribution in [0.15, 0.2) is 30.3 Å². The van der Waals surface area contributed by atoms with Crippen LogP contribution in [0.3, 0.4) is 0 Å². The van der Waals surface area contributed by atoms with E-state index in [2.05, 4.69) is 16.7 Å². The third-order valence-corrected chi connectivity index (χ3v) is 2.12. The maximum Gasteiger partial charge on any atom is 0.160 e. The Hall–Kier alpha value is -1.30. The Morgan fingerprint density at radius 3 is 2.50 bits per heavy atom. The summed E-state index contributed by atoms with van der Waals surface area (Å²) in [4.78, 5) is 4.34. The maximum atomic E-state index is 8.66. The van der Waals surface area contributed by atoms with E-state index in [-0.39, 0.29) is 0 Å². The molecule has 0 heterocycles. The zero-order chi connectivity index (χ0) is 10.4. The van der Waals surface area contributed by atoms with Gasteiger partial charge < -0.3 is 0 Å². The molecule has 2 nitrogen and oxygen atoms in total. The molecule has 0 aromatic heterocycles. The fourth-order valence-corrected chi connectivity index (χ4v) is 0.902. The molecule has 1 aromatic rings. The summed E-state index contributed by atoms with van der Waals surface area (Å²) in [6, 6.07) is 9.62. The minimum atomic E-state index is -0.768. The molecule has 0 saturated carbocycles. The molecule has 14 heavy (non-hydrogen) atoms. The highest BCUT2D eigenvalue weighted by molar-refractivity contribution is 5.35. The molecule has 0 spiro atoms. The van der Waals surface area contributed by atoms with Crippen LogP contribution < -0.4 is 0 Å². The van der Waals surface area contributed by atoms with Crippen molar-refractivity contribution in [1.29, 1.82) is 0 Å². The lowest BCUT2D eigenvalue weighted by Crippen LogP contribution is -2.23. The Labute approximate surface area is 84.5 Å². The molecule has 1 atom stereocenters. The Morgan fingerprint density at radius 1 is 1.36 bits per heavy atom. The van der Waals surface area contributed by atoms with Gasteiger partial charge in [-0.25, -0.2) is 4.89 Å². The van der Waals surface area contributed by atoms with Crippen molar-refractivity contribution in [2.24, 2.45) is 0 Å². The largest absolute Gasteiger partial charge is 0.250 e. The molecule has 2 heteroatoms. The third kappa shape index (κ3) is 2.88. The van der Waals surface area contributed by atoms with Gasteiger partial charge in [-0.15, -0.1) is 0 Å². The van der Waals surface area contributed by atoms with Gasteiger partial charge in [-0.3, -0.25) is 5.26 Å². The molecule has 0 saturated heterocycles. The van der Waals surface area contributed by atoms with E-state index >= 15 is 0 Å². The van der Waals surface area contributed by atoms with Gasteiger partial charge in [-0.05, 0) is 25.5 Å². The Kier molecular flexibility index (Phi) is 3.70. The molecule has 1 unspecified atom stereocenters. The predicted molar refractivity (Wildman–Crippen MR) is 55.7 cm³/mol. The van der Waals surface area contributed by atoms with Crippen LogP contribution in [0.2, 0.25) is 0 Å². The van der Waals surface area contributed by atoms with Crippen LogP contribution in [-0.4, -0.2) is 10.9 Å². The number of benzene rings is 1. The Balaban J connectivity index is 2.82. The van der Waals surface area contributed by atoms with E-state index in [1.54, 1.807) is 6.92 Å². The van der Waals surface area contributed by atoms with Crippen LogP contribution in [0.25, 0.3) is 0 Å². The average Bonchev–Trinajstić information content (AvgIpc) is 2.27. The van der Waals surface area contributed by atoms with Crippen LogP contribution in [0.4, 0.5) is 0 Å². The van der Waals surface area contributed by atoms with Gasteiger partial charge in [0.05, 0.1) is 0 Å².